The number of hydrogen-bond donors (Lipinski definition) is 1. The number of nitrogens with zero attached hydrogens (tertiary/aromatic N) is 2. The lowest BCUT2D eigenvalue weighted by atomic mass is 9.94. The first-order valence-corrected chi connectivity index (χ1v) is 6.89. The number of Topliss-reactive ketones (excluding diaryl/α,β-unsaturated/α-hetero) is 1. The topological polar surface area (TPSA) is 60.9 Å². The fraction of sp³-hybridized carbons (Fsp3) is 0.375. The van der Waals surface area contributed by atoms with Crippen LogP contribution in [-0.2, 0) is 18.3 Å². The molecule has 1 unspecified atom stereocenters. The van der Waals surface area contributed by atoms with Gasteiger partial charge in [-0.1, -0.05) is 19.1 Å². The molecule has 4 heteroatoms. The monoisotopic (exact) mass is 271 g/mol. The fourth-order valence-corrected chi connectivity index (χ4v) is 2.27. The minimum absolute atomic E-state index is 0.233. The third kappa shape index (κ3) is 3.95. The third-order valence-electron chi connectivity index (χ3n) is 3.49. The number of nitrogens with two attached hydrogens (primary N) is 1. The number of ketones is 1. The molecule has 1 aromatic carbocycles. The maximum atomic E-state index is 12.0. The van der Waals surface area contributed by atoms with E-state index in [9.17, 15) is 4.79 Å². The highest BCUT2D eigenvalue weighted by atomic mass is 16.1. The Morgan fingerprint density at radius 1 is 1.35 bits per heavy atom. The maximum absolute atomic E-state index is 12.0. The molecule has 0 spiro atoms. The van der Waals surface area contributed by atoms with Gasteiger partial charge in [0.05, 0.1) is 6.20 Å². The molecular formula is C16H21N3O. The van der Waals surface area contributed by atoms with Crippen LogP contribution < -0.4 is 5.73 Å². The van der Waals surface area contributed by atoms with Gasteiger partial charge in [0, 0.05) is 31.8 Å². The summed E-state index contributed by atoms with van der Waals surface area (Å²) in [6.45, 7) is 2.08. The predicted molar refractivity (Wildman–Crippen MR) is 80.4 cm³/mol. The van der Waals surface area contributed by atoms with Crippen molar-refractivity contribution in [1.29, 1.82) is 0 Å². The number of benzene rings is 1. The van der Waals surface area contributed by atoms with Crippen LogP contribution in [0.25, 0.3) is 0 Å². The zero-order valence-corrected chi connectivity index (χ0v) is 12.0. The summed E-state index contributed by atoms with van der Waals surface area (Å²) in [6.07, 6.45) is 5.68. The van der Waals surface area contributed by atoms with E-state index in [0.717, 1.165) is 23.2 Å². The molecule has 2 N–H and O–H groups in total. The van der Waals surface area contributed by atoms with Crippen molar-refractivity contribution in [3.63, 3.8) is 0 Å². The highest BCUT2D eigenvalue weighted by molar-refractivity contribution is 5.79. The number of carbonyl (C=O) groups excluding carboxylic acids is 1. The summed E-state index contributed by atoms with van der Waals surface area (Å²) in [7, 11) is 1.88. The van der Waals surface area contributed by atoms with Crippen molar-refractivity contribution in [2.24, 2.45) is 7.05 Å². The first-order chi connectivity index (χ1) is 9.54. The van der Waals surface area contributed by atoms with Crippen LogP contribution in [0.3, 0.4) is 0 Å². The summed E-state index contributed by atoms with van der Waals surface area (Å²) >= 11 is 0. The zero-order valence-electron chi connectivity index (χ0n) is 12.0. The normalized spacial score (nSPS) is 12.3. The molecule has 0 saturated carbocycles. The van der Waals surface area contributed by atoms with Gasteiger partial charge >= 0.3 is 0 Å². The highest BCUT2D eigenvalue weighted by Crippen LogP contribution is 2.21. The number of anilines is 1. The number of rotatable bonds is 6. The number of nitrogen functional groups attached to an aromatic ring is 1. The van der Waals surface area contributed by atoms with Gasteiger partial charge in [0.1, 0.15) is 5.78 Å². The van der Waals surface area contributed by atoms with Crippen molar-refractivity contribution in [2.45, 2.75) is 32.1 Å². The molecule has 0 saturated heterocycles. The molecule has 2 aromatic rings. The molecule has 0 aliphatic carbocycles. The van der Waals surface area contributed by atoms with Gasteiger partial charge in [0.15, 0.2) is 0 Å². The Morgan fingerprint density at radius 3 is 2.65 bits per heavy atom. The molecular weight excluding hydrogens is 250 g/mol. The zero-order chi connectivity index (χ0) is 14.5. The van der Waals surface area contributed by atoms with Crippen LogP contribution in [-0.4, -0.2) is 15.6 Å². The lowest BCUT2D eigenvalue weighted by Crippen LogP contribution is -2.05. The molecule has 0 radical (unpaired) electrons. The Labute approximate surface area is 119 Å². The summed E-state index contributed by atoms with van der Waals surface area (Å²) in [5, 5.41) is 4.10. The summed E-state index contributed by atoms with van der Waals surface area (Å²) in [5.74, 6) is 0.523. The van der Waals surface area contributed by atoms with E-state index in [0.29, 0.717) is 12.8 Å². The first kappa shape index (κ1) is 14.3. The van der Waals surface area contributed by atoms with Gasteiger partial charge < -0.3 is 5.73 Å². The van der Waals surface area contributed by atoms with Crippen molar-refractivity contribution >= 4 is 11.5 Å². The quantitative estimate of drug-likeness (QED) is 0.822. The number of hydrogen-bond acceptors (Lipinski definition) is 3. The standard InChI is InChI=1S/C16H21N3O/c1-12(14-4-6-15(17)7-5-14)9-16(20)8-3-13-10-18-19(2)11-13/h4-7,10-12H,3,8-9,17H2,1-2H3. The molecule has 106 valence electrons. The summed E-state index contributed by atoms with van der Waals surface area (Å²) in [6, 6.07) is 7.75. The highest BCUT2D eigenvalue weighted by Gasteiger charge is 2.11. The lowest BCUT2D eigenvalue weighted by molar-refractivity contribution is -0.119. The van der Waals surface area contributed by atoms with E-state index in [1.807, 2.05) is 43.7 Å². The van der Waals surface area contributed by atoms with Crippen molar-refractivity contribution in [3.8, 4) is 0 Å². The molecule has 0 aliphatic rings. The predicted octanol–water partition coefficient (Wildman–Crippen LogP) is 2.70. The van der Waals surface area contributed by atoms with Gasteiger partial charge in [0.25, 0.3) is 0 Å². The molecule has 0 aliphatic heterocycles. The van der Waals surface area contributed by atoms with Crippen LogP contribution >= 0.6 is 0 Å². The summed E-state index contributed by atoms with van der Waals surface area (Å²) in [5.41, 5.74) is 8.69. The molecule has 0 amide bonds. The molecule has 1 heterocycles. The van der Waals surface area contributed by atoms with Gasteiger partial charge in [-0.05, 0) is 35.6 Å². The average molecular weight is 271 g/mol. The lowest BCUT2D eigenvalue weighted by Gasteiger charge is -2.11. The second-order valence-electron chi connectivity index (χ2n) is 5.33. The van der Waals surface area contributed by atoms with E-state index < -0.39 is 0 Å². The largest absolute Gasteiger partial charge is 0.399 e. The molecule has 2 rings (SSSR count). The Morgan fingerprint density at radius 2 is 2.05 bits per heavy atom. The van der Waals surface area contributed by atoms with Crippen molar-refractivity contribution in [3.05, 3.63) is 47.8 Å². The molecule has 4 nitrogen and oxygen atoms in total. The van der Waals surface area contributed by atoms with Crippen LogP contribution in [0.2, 0.25) is 0 Å². The molecule has 0 fully saturated rings. The third-order valence-corrected chi connectivity index (χ3v) is 3.49. The van der Waals surface area contributed by atoms with Crippen molar-refractivity contribution in [2.75, 3.05) is 5.73 Å². The Balaban J connectivity index is 1.83. The van der Waals surface area contributed by atoms with E-state index >= 15 is 0 Å². The van der Waals surface area contributed by atoms with E-state index in [1.54, 1.807) is 4.68 Å². The smallest absolute Gasteiger partial charge is 0.133 e. The Bertz CT molecular complexity index is 572. The SMILES string of the molecule is CC(CC(=O)CCc1cnn(C)c1)c1ccc(N)cc1. The molecule has 0 bridgehead atoms. The van der Waals surface area contributed by atoms with Gasteiger partial charge in [0.2, 0.25) is 0 Å². The van der Waals surface area contributed by atoms with Gasteiger partial charge in [-0.3, -0.25) is 9.48 Å². The average Bonchev–Trinajstić information content (AvgIpc) is 2.83. The number of aryl methyl sites for hydroxylation is 2. The number of aromatic nitrogens is 2. The maximum Gasteiger partial charge on any atom is 0.133 e. The van der Waals surface area contributed by atoms with Crippen LogP contribution in [0.1, 0.15) is 36.8 Å². The van der Waals surface area contributed by atoms with Gasteiger partial charge in [-0.2, -0.15) is 5.10 Å². The van der Waals surface area contributed by atoms with Crippen LogP contribution in [0, 0.1) is 0 Å². The minimum atomic E-state index is 0.233. The Kier molecular flexibility index (Phi) is 4.56. The minimum Gasteiger partial charge on any atom is -0.399 e. The van der Waals surface area contributed by atoms with Gasteiger partial charge in [-0.15, -0.1) is 0 Å². The first-order valence-electron chi connectivity index (χ1n) is 6.89. The van der Waals surface area contributed by atoms with Crippen molar-refractivity contribution in [1.82, 2.24) is 9.78 Å². The number of carbonyl (C=O) groups is 1. The summed E-state index contributed by atoms with van der Waals surface area (Å²) in [4.78, 5) is 12.0. The second kappa shape index (κ2) is 6.37. The van der Waals surface area contributed by atoms with E-state index in [2.05, 4.69) is 12.0 Å². The van der Waals surface area contributed by atoms with E-state index in [-0.39, 0.29) is 11.7 Å². The van der Waals surface area contributed by atoms with Crippen LogP contribution in [0.4, 0.5) is 5.69 Å². The van der Waals surface area contributed by atoms with Crippen molar-refractivity contribution < 1.29 is 4.79 Å². The second-order valence-corrected chi connectivity index (χ2v) is 5.33. The molecule has 1 atom stereocenters. The summed E-state index contributed by atoms with van der Waals surface area (Å²) < 4.78 is 1.76. The molecule has 1 aromatic heterocycles. The fourth-order valence-electron chi connectivity index (χ4n) is 2.27. The van der Waals surface area contributed by atoms with Gasteiger partial charge in [-0.25, -0.2) is 0 Å². The Hall–Kier alpha value is -2.10. The molecule has 20 heavy (non-hydrogen) atoms. The van der Waals surface area contributed by atoms with E-state index in [1.165, 1.54) is 0 Å². The van der Waals surface area contributed by atoms with E-state index in [4.69, 9.17) is 5.73 Å². The van der Waals surface area contributed by atoms with Crippen LogP contribution in [0.15, 0.2) is 36.7 Å². The van der Waals surface area contributed by atoms with Crippen LogP contribution in [0.5, 0.6) is 0 Å².